The van der Waals surface area contributed by atoms with E-state index in [9.17, 15) is 23.1 Å². The van der Waals surface area contributed by atoms with Crippen molar-refractivity contribution in [3.8, 4) is 0 Å². The Morgan fingerprint density at radius 2 is 2.21 bits per heavy atom. The fourth-order valence-corrected chi connectivity index (χ4v) is 2.98. The number of rotatable bonds is 5. The summed E-state index contributed by atoms with van der Waals surface area (Å²) in [6, 6.07) is 4.94. The summed E-state index contributed by atoms with van der Waals surface area (Å²) in [6.45, 7) is 2.80. The maximum atomic E-state index is 12.7. The third-order valence-electron chi connectivity index (χ3n) is 4.49. The third-order valence-corrected chi connectivity index (χ3v) is 4.49. The van der Waals surface area contributed by atoms with Gasteiger partial charge in [-0.25, -0.2) is 4.79 Å². The van der Waals surface area contributed by atoms with Crippen molar-refractivity contribution < 1.29 is 23.1 Å². The lowest BCUT2D eigenvalue weighted by molar-refractivity contribution is -0.137. The Morgan fingerprint density at radius 1 is 1.46 bits per heavy atom. The molecule has 0 spiro atoms. The minimum absolute atomic E-state index is 0.0476. The lowest BCUT2D eigenvalue weighted by atomic mass is 9.96. The Hall–Kier alpha value is -1.76. The van der Waals surface area contributed by atoms with Crippen LogP contribution in [0.25, 0.3) is 0 Å². The number of carbonyl (C=O) groups excluding carboxylic acids is 1. The van der Waals surface area contributed by atoms with Gasteiger partial charge < -0.3 is 15.3 Å². The van der Waals surface area contributed by atoms with Gasteiger partial charge in [0.15, 0.2) is 0 Å². The van der Waals surface area contributed by atoms with E-state index in [1.165, 1.54) is 6.07 Å². The van der Waals surface area contributed by atoms with E-state index >= 15 is 0 Å². The lowest BCUT2D eigenvalue weighted by Crippen LogP contribution is -2.44. The molecule has 1 aromatic rings. The molecule has 1 fully saturated rings. The monoisotopic (exact) mass is 344 g/mol. The second-order valence-corrected chi connectivity index (χ2v) is 6.22. The van der Waals surface area contributed by atoms with E-state index in [-0.39, 0.29) is 24.6 Å². The Kier molecular flexibility index (Phi) is 6.10. The third kappa shape index (κ3) is 4.63. The highest BCUT2D eigenvalue weighted by Crippen LogP contribution is 2.31. The van der Waals surface area contributed by atoms with Crippen molar-refractivity contribution in [2.24, 2.45) is 0 Å². The summed E-state index contributed by atoms with van der Waals surface area (Å²) in [6.07, 6.45) is -2.13. The number of halogens is 3. The van der Waals surface area contributed by atoms with Gasteiger partial charge in [0.05, 0.1) is 18.2 Å². The van der Waals surface area contributed by atoms with Gasteiger partial charge >= 0.3 is 12.2 Å². The normalized spacial score (nSPS) is 19.4. The first-order valence-electron chi connectivity index (χ1n) is 8.15. The SMILES string of the molecule is CC(CCNC(=O)N1CCCC1CO)c1cccc(C(F)(F)F)c1. The average molecular weight is 344 g/mol. The van der Waals surface area contributed by atoms with Crippen LogP contribution < -0.4 is 5.32 Å². The number of nitrogens with one attached hydrogen (secondary N) is 1. The molecule has 0 radical (unpaired) electrons. The minimum Gasteiger partial charge on any atom is -0.394 e. The summed E-state index contributed by atoms with van der Waals surface area (Å²) in [5.74, 6) is -0.0974. The Labute approximate surface area is 139 Å². The van der Waals surface area contributed by atoms with Gasteiger partial charge in [0, 0.05) is 13.1 Å². The summed E-state index contributed by atoms with van der Waals surface area (Å²) in [4.78, 5) is 13.7. The molecule has 134 valence electrons. The first-order chi connectivity index (χ1) is 11.3. The summed E-state index contributed by atoms with van der Waals surface area (Å²) >= 11 is 0. The molecular weight excluding hydrogens is 321 g/mol. The van der Waals surface area contributed by atoms with Crippen molar-refractivity contribution in [3.05, 3.63) is 35.4 Å². The maximum absolute atomic E-state index is 12.7. The molecule has 0 aliphatic carbocycles. The van der Waals surface area contributed by atoms with E-state index in [2.05, 4.69) is 5.32 Å². The molecule has 1 saturated heterocycles. The van der Waals surface area contributed by atoms with Crippen LogP contribution in [0.2, 0.25) is 0 Å². The number of benzene rings is 1. The molecule has 2 atom stereocenters. The quantitative estimate of drug-likeness (QED) is 0.860. The highest BCUT2D eigenvalue weighted by molar-refractivity contribution is 5.74. The number of carbonyl (C=O) groups is 1. The number of urea groups is 1. The molecule has 0 bridgehead atoms. The van der Waals surface area contributed by atoms with Gasteiger partial charge in [0.2, 0.25) is 0 Å². The van der Waals surface area contributed by atoms with Crippen LogP contribution in [-0.2, 0) is 6.18 Å². The molecule has 4 nitrogen and oxygen atoms in total. The second kappa shape index (κ2) is 7.88. The summed E-state index contributed by atoms with van der Waals surface area (Å²) in [5.41, 5.74) is -0.0489. The fourth-order valence-electron chi connectivity index (χ4n) is 2.98. The van der Waals surface area contributed by atoms with Gasteiger partial charge in [-0.05, 0) is 36.8 Å². The molecule has 1 heterocycles. The molecule has 2 N–H and O–H groups in total. The van der Waals surface area contributed by atoms with E-state index in [0.717, 1.165) is 25.0 Å². The smallest absolute Gasteiger partial charge is 0.394 e. The van der Waals surface area contributed by atoms with Crippen molar-refractivity contribution in [3.63, 3.8) is 0 Å². The summed E-state index contributed by atoms with van der Waals surface area (Å²) in [7, 11) is 0. The van der Waals surface area contributed by atoms with E-state index in [4.69, 9.17) is 0 Å². The zero-order valence-corrected chi connectivity index (χ0v) is 13.6. The molecule has 2 unspecified atom stereocenters. The van der Waals surface area contributed by atoms with Crippen molar-refractivity contribution in [1.29, 1.82) is 0 Å². The van der Waals surface area contributed by atoms with Crippen LogP contribution in [0, 0.1) is 0 Å². The van der Waals surface area contributed by atoms with Gasteiger partial charge in [-0.3, -0.25) is 0 Å². The largest absolute Gasteiger partial charge is 0.416 e. The summed E-state index contributed by atoms with van der Waals surface area (Å²) in [5, 5.41) is 12.0. The van der Waals surface area contributed by atoms with Crippen LogP contribution in [-0.4, -0.2) is 41.8 Å². The van der Waals surface area contributed by atoms with E-state index < -0.39 is 11.7 Å². The van der Waals surface area contributed by atoms with Crippen molar-refractivity contribution in [1.82, 2.24) is 10.2 Å². The predicted molar refractivity (Wildman–Crippen MR) is 84.7 cm³/mol. The molecular formula is C17H23F3N2O2. The minimum atomic E-state index is -4.35. The summed E-state index contributed by atoms with van der Waals surface area (Å²) < 4.78 is 38.2. The molecule has 1 aliphatic heterocycles. The number of hydrogen-bond donors (Lipinski definition) is 2. The lowest BCUT2D eigenvalue weighted by Gasteiger charge is -2.23. The Morgan fingerprint density at radius 3 is 2.88 bits per heavy atom. The molecule has 24 heavy (non-hydrogen) atoms. The van der Waals surface area contributed by atoms with E-state index in [1.807, 2.05) is 6.92 Å². The van der Waals surface area contributed by atoms with Crippen LogP contribution in [0.4, 0.5) is 18.0 Å². The van der Waals surface area contributed by atoms with Crippen LogP contribution >= 0.6 is 0 Å². The number of aliphatic hydroxyl groups is 1. The van der Waals surface area contributed by atoms with Crippen molar-refractivity contribution in [2.45, 2.75) is 44.3 Å². The average Bonchev–Trinajstić information content (AvgIpc) is 3.02. The molecule has 2 rings (SSSR count). The zero-order chi connectivity index (χ0) is 17.7. The molecule has 2 amide bonds. The molecule has 1 aromatic carbocycles. The molecule has 0 aromatic heterocycles. The number of likely N-dealkylation sites (tertiary alicyclic amines) is 1. The van der Waals surface area contributed by atoms with Crippen molar-refractivity contribution in [2.75, 3.05) is 19.7 Å². The molecule has 1 aliphatic rings. The Bertz CT molecular complexity index is 563. The first-order valence-corrected chi connectivity index (χ1v) is 8.15. The molecule has 7 heteroatoms. The van der Waals surface area contributed by atoms with Crippen LogP contribution in [0.3, 0.4) is 0 Å². The van der Waals surface area contributed by atoms with E-state index in [0.29, 0.717) is 25.1 Å². The maximum Gasteiger partial charge on any atom is 0.416 e. The van der Waals surface area contributed by atoms with Crippen LogP contribution in [0.1, 0.15) is 43.2 Å². The van der Waals surface area contributed by atoms with Gasteiger partial charge in [-0.15, -0.1) is 0 Å². The number of hydrogen-bond acceptors (Lipinski definition) is 2. The Balaban J connectivity index is 1.85. The topological polar surface area (TPSA) is 52.6 Å². The number of amides is 2. The number of aliphatic hydroxyl groups excluding tert-OH is 1. The van der Waals surface area contributed by atoms with Gasteiger partial charge in [-0.1, -0.05) is 25.1 Å². The second-order valence-electron chi connectivity index (χ2n) is 6.22. The zero-order valence-electron chi connectivity index (χ0n) is 13.6. The highest BCUT2D eigenvalue weighted by Gasteiger charge is 2.31. The van der Waals surface area contributed by atoms with Crippen molar-refractivity contribution >= 4 is 6.03 Å². The van der Waals surface area contributed by atoms with Gasteiger partial charge in [0.1, 0.15) is 0 Å². The van der Waals surface area contributed by atoms with Gasteiger partial charge in [-0.2, -0.15) is 13.2 Å². The standard InChI is InChI=1S/C17H23F3N2O2/c1-12(13-4-2-5-14(10-13)17(18,19)20)7-8-21-16(24)22-9-3-6-15(22)11-23/h2,4-5,10,12,15,23H,3,6-9,11H2,1H3,(H,21,24). The molecule has 0 saturated carbocycles. The van der Waals surface area contributed by atoms with Crippen LogP contribution in [0.15, 0.2) is 24.3 Å². The highest BCUT2D eigenvalue weighted by atomic mass is 19.4. The van der Waals surface area contributed by atoms with Crippen LogP contribution in [0.5, 0.6) is 0 Å². The van der Waals surface area contributed by atoms with Gasteiger partial charge in [0.25, 0.3) is 0 Å². The fraction of sp³-hybridized carbons (Fsp3) is 0.588. The number of nitrogens with zero attached hydrogens (tertiary/aromatic N) is 1. The van der Waals surface area contributed by atoms with E-state index in [1.54, 1.807) is 11.0 Å². The number of alkyl halides is 3. The predicted octanol–water partition coefficient (Wildman–Crippen LogP) is 3.37. The first kappa shape index (κ1) is 18.6.